The van der Waals surface area contributed by atoms with Gasteiger partial charge in [0, 0.05) is 0 Å². The monoisotopic (exact) mass is 142 g/mol. The second kappa shape index (κ2) is 4.35. The summed E-state index contributed by atoms with van der Waals surface area (Å²) in [6.45, 7) is 0. The normalized spacial score (nSPS) is 9.73. The standard InChI is InChI=1S/C11H10/c1-2-3-5-8-11-9-6-4-7-10-11/h1,3-7,9-10H,8H2. The molecule has 0 amide bonds. The smallest absolute Gasteiger partial charge is 0.00880 e. The molecule has 1 rings (SSSR count). The molecule has 0 spiro atoms. The minimum absolute atomic E-state index is 0.922. The van der Waals surface area contributed by atoms with Crippen LogP contribution in [0.3, 0.4) is 0 Å². The van der Waals surface area contributed by atoms with Gasteiger partial charge in [-0.1, -0.05) is 42.3 Å². The van der Waals surface area contributed by atoms with Crippen molar-refractivity contribution >= 4 is 0 Å². The van der Waals surface area contributed by atoms with Gasteiger partial charge in [-0.05, 0) is 18.1 Å². The Morgan fingerprint density at radius 1 is 1.27 bits per heavy atom. The third-order valence-electron chi connectivity index (χ3n) is 1.41. The summed E-state index contributed by atoms with van der Waals surface area (Å²) in [7, 11) is 0. The molecular weight excluding hydrogens is 132 g/mol. The van der Waals surface area contributed by atoms with Crippen LogP contribution in [0.5, 0.6) is 0 Å². The maximum atomic E-state index is 5.06. The minimum Gasteiger partial charge on any atom is -0.115 e. The topological polar surface area (TPSA) is 0 Å². The largest absolute Gasteiger partial charge is 0.115 e. The predicted octanol–water partition coefficient (Wildman–Crippen LogP) is 2.42. The van der Waals surface area contributed by atoms with Crippen molar-refractivity contribution in [2.24, 2.45) is 0 Å². The summed E-state index contributed by atoms with van der Waals surface area (Å²) in [4.78, 5) is 0. The average molecular weight is 142 g/mol. The Hall–Kier alpha value is -1.48. The molecule has 0 bridgehead atoms. The Morgan fingerprint density at radius 3 is 2.64 bits per heavy atom. The highest BCUT2D eigenvalue weighted by Crippen LogP contribution is 1.99. The summed E-state index contributed by atoms with van der Waals surface area (Å²) >= 11 is 0. The Kier molecular flexibility index (Phi) is 3.02. The van der Waals surface area contributed by atoms with E-state index in [9.17, 15) is 0 Å². The number of rotatable bonds is 2. The molecule has 0 nitrogen and oxygen atoms in total. The van der Waals surface area contributed by atoms with Crippen LogP contribution in [-0.4, -0.2) is 0 Å². The summed E-state index contributed by atoms with van der Waals surface area (Å²) in [5.74, 6) is 2.46. The highest BCUT2D eigenvalue weighted by Gasteiger charge is 1.83. The summed E-state index contributed by atoms with van der Waals surface area (Å²) in [6.07, 6.45) is 9.69. The van der Waals surface area contributed by atoms with Crippen LogP contribution in [-0.2, 0) is 6.42 Å². The van der Waals surface area contributed by atoms with Gasteiger partial charge < -0.3 is 0 Å². The SMILES string of the molecule is C#CC=CCc1ccccc1. The van der Waals surface area contributed by atoms with E-state index < -0.39 is 0 Å². The van der Waals surface area contributed by atoms with Crippen molar-refractivity contribution in [3.63, 3.8) is 0 Å². The van der Waals surface area contributed by atoms with Crippen LogP contribution in [0.2, 0.25) is 0 Å². The number of benzene rings is 1. The lowest BCUT2D eigenvalue weighted by Gasteiger charge is -1.91. The van der Waals surface area contributed by atoms with E-state index in [4.69, 9.17) is 6.42 Å². The number of hydrogen-bond donors (Lipinski definition) is 0. The molecule has 1 aromatic carbocycles. The number of hydrogen-bond acceptors (Lipinski definition) is 0. The first kappa shape index (κ1) is 7.63. The van der Waals surface area contributed by atoms with Crippen molar-refractivity contribution in [1.29, 1.82) is 0 Å². The third-order valence-corrected chi connectivity index (χ3v) is 1.41. The van der Waals surface area contributed by atoms with Gasteiger partial charge in [-0.3, -0.25) is 0 Å². The van der Waals surface area contributed by atoms with Crippen molar-refractivity contribution in [3.05, 3.63) is 48.0 Å². The zero-order valence-electron chi connectivity index (χ0n) is 6.33. The van der Waals surface area contributed by atoms with Crippen molar-refractivity contribution in [1.82, 2.24) is 0 Å². The maximum Gasteiger partial charge on any atom is -0.00880 e. The Balaban J connectivity index is 2.53. The molecule has 0 saturated carbocycles. The summed E-state index contributed by atoms with van der Waals surface area (Å²) in [5, 5.41) is 0. The molecule has 0 saturated heterocycles. The van der Waals surface area contributed by atoms with E-state index in [2.05, 4.69) is 18.1 Å². The highest BCUT2D eigenvalue weighted by atomic mass is 13.9. The van der Waals surface area contributed by atoms with Crippen LogP contribution in [0, 0.1) is 12.3 Å². The van der Waals surface area contributed by atoms with E-state index in [1.165, 1.54) is 5.56 Å². The molecule has 0 unspecified atom stereocenters. The first-order valence-corrected chi connectivity index (χ1v) is 3.58. The summed E-state index contributed by atoms with van der Waals surface area (Å²) in [6, 6.07) is 10.2. The van der Waals surface area contributed by atoms with Crippen LogP contribution in [0.4, 0.5) is 0 Å². The fourth-order valence-electron chi connectivity index (χ4n) is 0.877. The maximum absolute atomic E-state index is 5.06. The van der Waals surface area contributed by atoms with Crippen molar-refractivity contribution in [2.75, 3.05) is 0 Å². The van der Waals surface area contributed by atoms with Gasteiger partial charge >= 0.3 is 0 Å². The van der Waals surface area contributed by atoms with E-state index in [0.29, 0.717) is 0 Å². The molecule has 54 valence electrons. The predicted molar refractivity (Wildman–Crippen MR) is 48.1 cm³/mol. The minimum atomic E-state index is 0.922. The Morgan fingerprint density at radius 2 is 2.00 bits per heavy atom. The van der Waals surface area contributed by atoms with Gasteiger partial charge in [0.25, 0.3) is 0 Å². The lowest BCUT2D eigenvalue weighted by molar-refractivity contribution is 1.27. The van der Waals surface area contributed by atoms with E-state index in [1.807, 2.05) is 24.3 Å². The van der Waals surface area contributed by atoms with Gasteiger partial charge in [0.05, 0.1) is 0 Å². The Labute approximate surface area is 67.6 Å². The Bertz CT molecular complexity index is 262. The highest BCUT2D eigenvalue weighted by molar-refractivity contribution is 5.19. The quantitative estimate of drug-likeness (QED) is 0.556. The second-order valence-corrected chi connectivity index (χ2v) is 2.26. The van der Waals surface area contributed by atoms with Gasteiger partial charge in [0.2, 0.25) is 0 Å². The molecule has 0 atom stereocenters. The molecule has 0 heteroatoms. The van der Waals surface area contributed by atoms with Crippen molar-refractivity contribution < 1.29 is 0 Å². The van der Waals surface area contributed by atoms with Crippen LogP contribution in [0.15, 0.2) is 42.5 Å². The van der Waals surface area contributed by atoms with E-state index in [0.717, 1.165) is 6.42 Å². The lowest BCUT2D eigenvalue weighted by Crippen LogP contribution is -1.77. The zero-order valence-corrected chi connectivity index (χ0v) is 6.33. The van der Waals surface area contributed by atoms with Crippen molar-refractivity contribution in [2.45, 2.75) is 6.42 Å². The second-order valence-electron chi connectivity index (χ2n) is 2.26. The van der Waals surface area contributed by atoms with E-state index in [-0.39, 0.29) is 0 Å². The fourth-order valence-corrected chi connectivity index (χ4v) is 0.877. The molecule has 0 aromatic heterocycles. The number of terminal acetylenes is 1. The summed E-state index contributed by atoms with van der Waals surface area (Å²) < 4.78 is 0. The van der Waals surface area contributed by atoms with Gasteiger partial charge in [0.15, 0.2) is 0 Å². The molecule has 11 heavy (non-hydrogen) atoms. The molecule has 1 aromatic rings. The van der Waals surface area contributed by atoms with E-state index >= 15 is 0 Å². The van der Waals surface area contributed by atoms with Crippen LogP contribution < -0.4 is 0 Å². The van der Waals surface area contributed by atoms with Gasteiger partial charge in [0.1, 0.15) is 0 Å². The van der Waals surface area contributed by atoms with E-state index in [1.54, 1.807) is 6.08 Å². The molecule has 0 aliphatic rings. The molecule has 0 heterocycles. The molecular formula is C11H10. The molecule has 0 aliphatic heterocycles. The van der Waals surface area contributed by atoms with Crippen LogP contribution in [0.25, 0.3) is 0 Å². The molecule has 0 N–H and O–H groups in total. The van der Waals surface area contributed by atoms with Crippen molar-refractivity contribution in [3.8, 4) is 12.3 Å². The van der Waals surface area contributed by atoms with Crippen LogP contribution in [0.1, 0.15) is 5.56 Å². The average Bonchev–Trinajstić information content (AvgIpc) is 2.07. The molecule has 0 radical (unpaired) electrons. The number of allylic oxidation sites excluding steroid dienone is 2. The molecule has 0 aliphatic carbocycles. The van der Waals surface area contributed by atoms with Gasteiger partial charge in [-0.15, -0.1) is 6.42 Å². The van der Waals surface area contributed by atoms with Gasteiger partial charge in [-0.25, -0.2) is 0 Å². The first-order chi connectivity index (χ1) is 5.43. The zero-order chi connectivity index (χ0) is 7.94. The summed E-state index contributed by atoms with van der Waals surface area (Å²) in [5.41, 5.74) is 1.29. The van der Waals surface area contributed by atoms with Crippen LogP contribution >= 0.6 is 0 Å². The first-order valence-electron chi connectivity index (χ1n) is 3.58. The third kappa shape index (κ3) is 2.73. The molecule has 0 fully saturated rings. The van der Waals surface area contributed by atoms with Gasteiger partial charge in [-0.2, -0.15) is 0 Å². The fraction of sp³-hybridized carbons (Fsp3) is 0.0909. The lowest BCUT2D eigenvalue weighted by atomic mass is 10.1.